The molecule has 0 aliphatic rings. The number of nitrogens with zero attached hydrogens (tertiary/aromatic N) is 1. The molecule has 2 aromatic rings. The van der Waals surface area contributed by atoms with Crippen LogP contribution in [0, 0.1) is 0 Å². The maximum Gasteiger partial charge on any atom is 0.327 e. The highest BCUT2D eigenvalue weighted by Gasteiger charge is 2.16. The Morgan fingerprint density at radius 2 is 1.56 bits per heavy atom. The summed E-state index contributed by atoms with van der Waals surface area (Å²) < 4.78 is 4.80. The molecule has 0 aliphatic carbocycles. The van der Waals surface area contributed by atoms with Crippen LogP contribution in [0.2, 0.25) is 0 Å². The monoisotopic (exact) mass is 337 g/mol. The fourth-order valence-corrected chi connectivity index (χ4v) is 2.14. The van der Waals surface area contributed by atoms with E-state index in [4.69, 9.17) is 4.74 Å². The van der Waals surface area contributed by atoms with Crippen molar-refractivity contribution in [2.24, 2.45) is 4.99 Å². The Morgan fingerprint density at radius 1 is 1.00 bits per heavy atom. The van der Waals surface area contributed by atoms with Crippen LogP contribution < -0.4 is 0 Å². The molecule has 1 N–H and O–H groups in total. The summed E-state index contributed by atoms with van der Waals surface area (Å²) in [6.45, 7) is 1.74. The van der Waals surface area contributed by atoms with Gasteiger partial charge in [0.2, 0.25) is 0 Å². The van der Waals surface area contributed by atoms with E-state index >= 15 is 0 Å². The Hall–Kier alpha value is -3.21. The molecular formula is C20H19NO4. The molecule has 0 saturated heterocycles. The number of allylic oxidation sites excluding steroid dienone is 1. The molecular weight excluding hydrogens is 318 g/mol. The van der Waals surface area contributed by atoms with Crippen LogP contribution in [0.25, 0.3) is 5.76 Å². The van der Waals surface area contributed by atoms with Gasteiger partial charge in [-0.2, -0.15) is 0 Å². The smallest absolute Gasteiger partial charge is 0.327 e. The zero-order chi connectivity index (χ0) is 18.1. The first-order valence-corrected chi connectivity index (χ1v) is 7.87. The Balaban J connectivity index is 2.36. The number of Topliss-reactive ketones (excluding diaryl/α,β-unsaturated/α-hetero) is 1. The first kappa shape index (κ1) is 18.1. The lowest BCUT2D eigenvalue weighted by atomic mass is 10.0. The summed E-state index contributed by atoms with van der Waals surface area (Å²) in [4.78, 5) is 28.1. The second kappa shape index (κ2) is 9.17. The van der Waals surface area contributed by atoms with E-state index in [1.54, 1.807) is 61.5 Å². The summed E-state index contributed by atoms with van der Waals surface area (Å²) >= 11 is 0. The number of hydrogen-bond acceptors (Lipinski definition) is 5. The zero-order valence-electron chi connectivity index (χ0n) is 13.9. The number of ether oxygens (including phenoxy) is 1. The molecule has 0 amide bonds. The van der Waals surface area contributed by atoms with Crippen LogP contribution in [0.5, 0.6) is 0 Å². The molecule has 128 valence electrons. The van der Waals surface area contributed by atoms with Gasteiger partial charge >= 0.3 is 5.97 Å². The quantitative estimate of drug-likeness (QED) is 0.276. The molecule has 0 fully saturated rings. The van der Waals surface area contributed by atoms with Crippen LogP contribution in [0.1, 0.15) is 22.8 Å². The summed E-state index contributed by atoms with van der Waals surface area (Å²) in [5, 5.41) is 10.5. The lowest BCUT2D eigenvalue weighted by Gasteiger charge is -2.07. The molecule has 0 spiro atoms. The van der Waals surface area contributed by atoms with Gasteiger partial charge < -0.3 is 9.84 Å². The number of rotatable bonds is 7. The summed E-state index contributed by atoms with van der Waals surface area (Å²) in [7, 11) is 0. The first-order valence-electron chi connectivity index (χ1n) is 7.87. The van der Waals surface area contributed by atoms with E-state index in [0.717, 1.165) is 0 Å². The summed E-state index contributed by atoms with van der Waals surface area (Å²) in [6, 6.07) is 17.3. The highest BCUT2D eigenvalue weighted by Crippen LogP contribution is 2.18. The Kier molecular flexibility index (Phi) is 6.65. The van der Waals surface area contributed by atoms with Crippen molar-refractivity contribution in [3.63, 3.8) is 0 Å². The summed E-state index contributed by atoms with van der Waals surface area (Å²) in [5.41, 5.74) is 0.925. The zero-order valence-corrected chi connectivity index (χ0v) is 13.9. The van der Waals surface area contributed by atoms with E-state index in [0.29, 0.717) is 11.1 Å². The number of hydrogen-bond donors (Lipinski definition) is 1. The van der Waals surface area contributed by atoms with Crippen LogP contribution in [0.15, 0.2) is 71.2 Å². The van der Waals surface area contributed by atoms with Gasteiger partial charge in [-0.1, -0.05) is 60.7 Å². The molecule has 2 aromatic carbocycles. The van der Waals surface area contributed by atoms with Crippen LogP contribution in [0.4, 0.5) is 0 Å². The minimum absolute atomic E-state index is 0.0155. The molecule has 0 radical (unpaired) electrons. The Morgan fingerprint density at radius 3 is 2.12 bits per heavy atom. The van der Waals surface area contributed by atoms with Crippen LogP contribution in [0.3, 0.4) is 0 Å². The second-order valence-corrected chi connectivity index (χ2v) is 5.10. The normalized spacial score (nSPS) is 11.9. The predicted molar refractivity (Wildman–Crippen MR) is 96.8 cm³/mol. The van der Waals surface area contributed by atoms with Crippen LogP contribution >= 0.6 is 0 Å². The van der Waals surface area contributed by atoms with Gasteiger partial charge in [-0.05, 0) is 6.92 Å². The Bertz CT molecular complexity index is 780. The predicted octanol–water partition coefficient (Wildman–Crippen LogP) is 3.47. The van der Waals surface area contributed by atoms with Gasteiger partial charge in [0.15, 0.2) is 5.78 Å². The molecule has 5 heteroatoms. The van der Waals surface area contributed by atoms with Crippen molar-refractivity contribution in [2.45, 2.75) is 6.92 Å². The fourth-order valence-electron chi connectivity index (χ4n) is 2.14. The first-order chi connectivity index (χ1) is 12.1. The SMILES string of the molecule is CCOC(=O)CN=C/C(C(=O)c1ccccc1)=C(/O)c1ccccc1. The fraction of sp³-hybridized carbons (Fsp3) is 0.150. The van der Waals surface area contributed by atoms with Crippen molar-refractivity contribution in [1.29, 1.82) is 0 Å². The lowest BCUT2D eigenvalue weighted by Crippen LogP contribution is -2.11. The van der Waals surface area contributed by atoms with Gasteiger partial charge in [0.05, 0.1) is 12.2 Å². The van der Waals surface area contributed by atoms with Gasteiger partial charge in [-0.3, -0.25) is 14.6 Å². The average Bonchev–Trinajstić information content (AvgIpc) is 2.66. The molecule has 0 unspecified atom stereocenters. The number of ketones is 1. The standard InChI is InChI=1S/C20H19NO4/c1-2-25-18(22)14-21-13-17(19(23)15-9-5-3-6-10-15)20(24)16-11-7-4-8-12-16/h3-13,23H,2,14H2,1H3/b19-17-,21-13?. The minimum Gasteiger partial charge on any atom is -0.506 e. The molecule has 2 rings (SSSR count). The number of carbonyl (C=O) groups excluding carboxylic acids is 2. The van der Waals surface area contributed by atoms with E-state index in [1.807, 2.05) is 6.07 Å². The second-order valence-electron chi connectivity index (χ2n) is 5.10. The molecule has 5 nitrogen and oxygen atoms in total. The third-order valence-corrected chi connectivity index (χ3v) is 3.33. The number of carbonyl (C=O) groups is 2. The number of aliphatic hydroxyl groups excluding tert-OH is 1. The number of benzene rings is 2. The number of aliphatic imine (C=N–C) groups is 1. The van der Waals surface area contributed by atoms with Crippen molar-refractivity contribution >= 4 is 23.7 Å². The van der Waals surface area contributed by atoms with Crippen molar-refractivity contribution in [1.82, 2.24) is 0 Å². The van der Waals surface area contributed by atoms with E-state index in [2.05, 4.69) is 4.99 Å². The van der Waals surface area contributed by atoms with Gasteiger partial charge in [-0.25, -0.2) is 0 Å². The number of esters is 1. The van der Waals surface area contributed by atoms with E-state index in [9.17, 15) is 14.7 Å². The van der Waals surface area contributed by atoms with Gasteiger partial charge in [0.25, 0.3) is 0 Å². The maximum absolute atomic E-state index is 12.7. The minimum atomic E-state index is -0.496. The molecule has 0 atom stereocenters. The number of aliphatic hydroxyl groups is 1. The summed E-state index contributed by atoms with van der Waals surface area (Å²) in [5.74, 6) is -1.07. The van der Waals surface area contributed by atoms with Crippen LogP contribution in [-0.2, 0) is 9.53 Å². The van der Waals surface area contributed by atoms with Crippen molar-refractivity contribution < 1.29 is 19.4 Å². The molecule has 0 aromatic heterocycles. The highest BCUT2D eigenvalue weighted by atomic mass is 16.5. The van der Waals surface area contributed by atoms with Crippen molar-refractivity contribution in [3.8, 4) is 0 Å². The molecule has 0 saturated carbocycles. The topological polar surface area (TPSA) is 76.0 Å². The van der Waals surface area contributed by atoms with Gasteiger partial charge in [0, 0.05) is 17.3 Å². The van der Waals surface area contributed by atoms with E-state index in [-0.39, 0.29) is 30.3 Å². The average molecular weight is 337 g/mol. The Labute approximate surface area is 146 Å². The third kappa shape index (κ3) is 5.14. The highest BCUT2D eigenvalue weighted by molar-refractivity contribution is 6.25. The van der Waals surface area contributed by atoms with Gasteiger partial charge in [-0.15, -0.1) is 0 Å². The van der Waals surface area contributed by atoms with E-state index < -0.39 is 5.97 Å². The molecule has 25 heavy (non-hydrogen) atoms. The lowest BCUT2D eigenvalue weighted by molar-refractivity contribution is -0.141. The van der Waals surface area contributed by atoms with Gasteiger partial charge in [0.1, 0.15) is 12.3 Å². The van der Waals surface area contributed by atoms with Crippen molar-refractivity contribution in [2.75, 3.05) is 13.2 Å². The molecule has 0 heterocycles. The molecule has 0 bridgehead atoms. The molecule has 0 aliphatic heterocycles. The summed E-state index contributed by atoms with van der Waals surface area (Å²) in [6.07, 6.45) is 1.22. The third-order valence-electron chi connectivity index (χ3n) is 3.33. The van der Waals surface area contributed by atoms with E-state index in [1.165, 1.54) is 6.21 Å². The maximum atomic E-state index is 12.7. The van der Waals surface area contributed by atoms with Crippen LogP contribution in [-0.4, -0.2) is 36.2 Å². The largest absolute Gasteiger partial charge is 0.506 e. The van der Waals surface area contributed by atoms with Crippen molar-refractivity contribution in [3.05, 3.63) is 77.4 Å².